The first-order chi connectivity index (χ1) is 12.9. The second-order valence-electron chi connectivity index (χ2n) is 7.62. The van der Waals surface area contributed by atoms with Gasteiger partial charge in [0.15, 0.2) is 0 Å². The quantitative estimate of drug-likeness (QED) is 0.644. The van der Waals surface area contributed by atoms with Crippen LogP contribution in [0.1, 0.15) is 43.5 Å². The van der Waals surface area contributed by atoms with Gasteiger partial charge in [0.05, 0.1) is 18.9 Å². The summed E-state index contributed by atoms with van der Waals surface area (Å²) in [4.78, 5) is 8.78. The Hall–Kier alpha value is -3.19. The fraction of sp³-hybridized carbons (Fsp3) is 0.261. The normalized spacial score (nSPS) is 12.3. The van der Waals surface area contributed by atoms with Gasteiger partial charge in [-0.3, -0.25) is 9.97 Å². The van der Waals surface area contributed by atoms with E-state index in [2.05, 4.69) is 61.1 Å². The summed E-state index contributed by atoms with van der Waals surface area (Å²) in [5.41, 5.74) is 4.83. The van der Waals surface area contributed by atoms with Crippen molar-refractivity contribution in [3.8, 4) is 22.9 Å². The Labute approximate surface area is 160 Å². The second-order valence-corrected chi connectivity index (χ2v) is 7.62. The molecule has 0 saturated heterocycles. The van der Waals surface area contributed by atoms with Crippen LogP contribution in [0.4, 0.5) is 0 Å². The van der Waals surface area contributed by atoms with Gasteiger partial charge < -0.3 is 4.74 Å². The molecule has 4 heteroatoms. The van der Waals surface area contributed by atoms with E-state index in [-0.39, 0.29) is 11.3 Å². The van der Waals surface area contributed by atoms with Gasteiger partial charge in [-0.15, -0.1) is 0 Å². The van der Waals surface area contributed by atoms with Crippen molar-refractivity contribution in [2.75, 3.05) is 7.11 Å². The van der Waals surface area contributed by atoms with Crippen LogP contribution in [0.5, 0.6) is 5.75 Å². The minimum Gasteiger partial charge on any atom is -0.495 e. The van der Waals surface area contributed by atoms with E-state index in [1.807, 2.05) is 24.4 Å². The van der Waals surface area contributed by atoms with Crippen molar-refractivity contribution in [2.24, 2.45) is 5.41 Å². The van der Waals surface area contributed by atoms with Crippen LogP contribution in [0, 0.1) is 16.7 Å². The number of methoxy groups -OCH3 is 1. The van der Waals surface area contributed by atoms with Crippen molar-refractivity contribution in [3.05, 3.63) is 77.9 Å². The molecule has 4 nitrogen and oxygen atoms in total. The number of nitrogens with zero attached hydrogens (tertiary/aromatic N) is 3. The number of hydrogen-bond donors (Lipinski definition) is 0. The van der Waals surface area contributed by atoms with Crippen molar-refractivity contribution >= 4 is 0 Å². The molecule has 0 saturated carbocycles. The fourth-order valence-corrected chi connectivity index (χ4v) is 3.31. The van der Waals surface area contributed by atoms with Crippen LogP contribution in [0.15, 0.2) is 61.1 Å². The largest absolute Gasteiger partial charge is 0.495 e. The van der Waals surface area contributed by atoms with Crippen LogP contribution in [0.2, 0.25) is 0 Å². The molecule has 0 spiro atoms. The molecule has 2 aromatic heterocycles. The Morgan fingerprint density at radius 1 is 0.963 bits per heavy atom. The van der Waals surface area contributed by atoms with E-state index in [0.717, 1.165) is 22.6 Å². The van der Waals surface area contributed by atoms with E-state index >= 15 is 0 Å². The monoisotopic (exact) mass is 357 g/mol. The molecule has 0 N–H and O–H groups in total. The molecular formula is C23H23N3O. The number of nitriles is 1. The zero-order valence-corrected chi connectivity index (χ0v) is 16.1. The first-order valence-corrected chi connectivity index (χ1v) is 8.88. The highest BCUT2D eigenvalue weighted by molar-refractivity contribution is 5.64. The number of ether oxygens (including phenoxy) is 1. The molecule has 1 aromatic carbocycles. The van der Waals surface area contributed by atoms with Gasteiger partial charge >= 0.3 is 0 Å². The van der Waals surface area contributed by atoms with Gasteiger partial charge in [0.1, 0.15) is 11.8 Å². The van der Waals surface area contributed by atoms with Crippen LogP contribution in [0.3, 0.4) is 0 Å². The molecule has 1 atom stereocenters. The average molecular weight is 357 g/mol. The van der Waals surface area contributed by atoms with Gasteiger partial charge in [-0.05, 0) is 34.7 Å². The first-order valence-electron chi connectivity index (χ1n) is 8.88. The number of pyridine rings is 2. The van der Waals surface area contributed by atoms with E-state index in [1.165, 1.54) is 5.56 Å². The summed E-state index contributed by atoms with van der Waals surface area (Å²) in [6, 6.07) is 16.4. The summed E-state index contributed by atoms with van der Waals surface area (Å²) in [6.45, 7) is 6.62. The molecule has 0 aliphatic rings. The van der Waals surface area contributed by atoms with Crippen LogP contribution >= 0.6 is 0 Å². The predicted molar refractivity (Wildman–Crippen MR) is 106 cm³/mol. The maximum Gasteiger partial charge on any atom is 0.137 e. The molecule has 2 heterocycles. The zero-order chi connectivity index (χ0) is 19.4. The van der Waals surface area contributed by atoms with E-state index in [4.69, 9.17) is 10.00 Å². The zero-order valence-electron chi connectivity index (χ0n) is 16.1. The highest BCUT2D eigenvalue weighted by Gasteiger charge is 2.29. The van der Waals surface area contributed by atoms with Gasteiger partial charge in [-0.25, -0.2) is 0 Å². The third kappa shape index (κ3) is 4.15. The maximum atomic E-state index is 9.02. The molecule has 0 fully saturated rings. The van der Waals surface area contributed by atoms with Crippen LogP contribution in [-0.4, -0.2) is 17.1 Å². The summed E-state index contributed by atoms with van der Waals surface area (Å²) in [5.74, 6) is 0.869. The van der Waals surface area contributed by atoms with Gasteiger partial charge in [-0.2, -0.15) is 5.26 Å². The Kier molecular flexibility index (Phi) is 5.23. The lowest BCUT2D eigenvalue weighted by Gasteiger charge is -2.31. The van der Waals surface area contributed by atoms with Crippen molar-refractivity contribution < 1.29 is 4.74 Å². The third-order valence-electron chi connectivity index (χ3n) is 4.60. The molecule has 1 unspecified atom stereocenters. The van der Waals surface area contributed by atoms with Crippen molar-refractivity contribution in [1.82, 2.24) is 9.97 Å². The highest BCUT2D eigenvalue weighted by Crippen LogP contribution is 2.40. The topological polar surface area (TPSA) is 58.8 Å². The van der Waals surface area contributed by atoms with E-state index in [0.29, 0.717) is 5.56 Å². The summed E-state index contributed by atoms with van der Waals surface area (Å²) in [7, 11) is 1.64. The van der Waals surface area contributed by atoms with Crippen LogP contribution in [0.25, 0.3) is 11.1 Å². The summed E-state index contributed by atoms with van der Waals surface area (Å²) < 4.78 is 5.27. The lowest BCUT2D eigenvalue weighted by Crippen LogP contribution is -2.20. The highest BCUT2D eigenvalue weighted by atomic mass is 16.5. The molecule has 3 aromatic rings. The molecule has 3 rings (SSSR count). The van der Waals surface area contributed by atoms with Crippen LogP contribution in [-0.2, 0) is 0 Å². The van der Waals surface area contributed by atoms with Crippen molar-refractivity contribution in [1.29, 1.82) is 5.26 Å². The van der Waals surface area contributed by atoms with Gasteiger partial charge in [-0.1, -0.05) is 45.0 Å². The molecular weight excluding hydrogens is 334 g/mol. The smallest absolute Gasteiger partial charge is 0.137 e. The first kappa shape index (κ1) is 18.6. The standard InChI is InChI=1S/C23H23N3O/c1-23(2,3)22(21-10-5-16(12-24)13-26-21)18-8-6-17(7-9-18)19-11-20(27-4)15-25-14-19/h5-11,13-15,22H,1-4H3. The Bertz CT molecular complexity index is 949. The van der Waals surface area contributed by atoms with Crippen LogP contribution < -0.4 is 4.74 Å². The number of aromatic nitrogens is 2. The lowest BCUT2D eigenvalue weighted by molar-refractivity contribution is 0.353. The molecule has 0 amide bonds. The van der Waals surface area contributed by atoms with Gasteiger partial charge in [0.2, 0.25) is 0 Å². The predicted octanol–water partition coefficient (Wildman–Crippen LogP) is 5.20. The summed E-state index contributed by atoms with van der Waals surface area (Å²) in [5, 5.41) is 9.02. The molecule has 0 aliphatic heterocycles. The number of hydrogen-bond acceptors (Lipinski definition) is 4. The molecule has 136 valence electrons. The van der Waals surface area contributed by atoms with Gasteiger partial charge in [0.25, 0.3) is 0 Å². The minimum absolute atomic E-state index is 0.0137. The van der Waals surface area contributed by atoms with Crippen molar-refractivity contribution in [2.45, 2.75) is 26.7 Å². The summed E-state index contributed by atoms with van der Waals surface area (Å²) >= 11 is 0. The minimum atomic E-state index is -0.0137. The summed E-state index contributed by atoms with van der Waals surface area (Å²) in [6.07, 6.45) is 5.18. The van der Waals surface area contributed by atoms with Crippen molar-refractivity contribution in [3.63, 3.8) is 0 Å². The SMILES string of the molecule is COc1cncc(-c2ccc(C(c3ccc(C#N)cn3)C(C)(C)C)cc2)c1. The van der Waals surface area contributed by atoms with E-state index in [1.54, 1.807) is 19.5 Å². The maximum absolute atomic E-state index is 9.02. The third-order valence-corrected chi connectivity index (χ3v) is 4.60. The average Bonchev–Trinajstić information content (AvgIpc) is 2.68. The molecule has 0 radical (unpaired) electrons. The number of rotatable bonds is 4. The molecule has 0 aliphatic carbocycles. The van der Waals surface area contributed by atoms with E-state index < -0.39 is 0 Å². The Balaban J connectivity index is 1.97. The second kappa shape index (κ2) is 7.59. The lowest BCUT2D eigenvalue weighted by atomic mass is 9.74. The number of benzene rings is 1. The van der Waals surface area contributed by atoms with Gasteiger partial charge in [0, 0.05) is 29.6 Å². The Morgan fingerprint density at radius 2 is 1.70 bits per heavy atom. The molecule has 0 bridgehead atoms. The fourth-order valence-electron chi connectivity index (χ4n) is 3.31. The van der Waals surface area contributed by atoms with E-state index in [9.17, 15) is 0 Å². The Morgan fingerprint density at radius 3 is 2.26 bits per heavy atom. The molecule has 27 heavy (non-hydrogen) atoms.